The number of carbonyl (C=O) groups excluding carboxylic acids is 5. The lowest BCUT2D eigenvalue weighted by atomic mass is 9.90. The first-order chi connectivity index (χ1) is 54.9. The molecule has 3 unspecified atom stereocenters. The third-order valence-electron chi connectivity index (χ3n) is 24.0. The molecule has 0 aromatic rings. The molecule has 3 atom stereocenters. The van der Waals surface area contributed by atoms with E-state index in [-0.39, 0.29) is 180 Å². The van der Waals surface area contributed by atoms with Crippen LogP contribution in [0.3, 0.4) is 0 Å². The molecule has 852 valence electrons. The highest BCUT2D eigenvalue weighted by molar-refractivity contribution is 6.94. The number of carbonyl (C=O) groups is 5. The van der Waals surface area contributed by atoms with Crippen LogP contribution >= 0.6 is 0 Å². The summed E-state index contributed by atoms with van der Waals surface area (Å²) in [6, 6.07) is 8.26. The Kier molecular flexibility index (Phi) is 92.3. The van der Waals surface area contributed by atoms with Crippen molar-refractivity contribution in [2.75, 3.05) is 13.2 Å². The van der Waals surface area contributed by atoms with Crippen LogP contribution in [0.2, 0.25) is 282 Å². The van der Waals surface area contributed by atoms with Crippen molar-refractivity contribution in [3.05, 3.63) is 0 Å². The molecular formula is C105H264O18Si15. The van der Waals surface area contributed by atoms with E-state index < -0.39 is 125 Å². The Morgan fingerprint density at radius 3 is 0.964 bits per heavy atom. The molecule has 18 nitrogen and oxygen atoms in total. The van der Waals surface area contributed by atoms with E-state index in [2.05, 4.69) is 264 Å². The van der Waals surface area contributed by atoms with Crippen molar-refractivity contribution in [1.82, 2.24) is 0 Å². The van der Waals surface area contributed by atoms with Gasteiger partial charge in [-0.25, -0.2) is 0 Å². The summed E-state index contributed by atoms with van der Waals surface area (Å²) in [6.07, 6.45) is 12.7. The van der Waals surface area contributed by atoms with E-state index >= 15 is 0 Å². The van der Waals surface area contributed by atoms with Crippen LogP contribution in [0.1, 0.15) is 306 Å². The van der Waals surface area contributed by atoms with Gasteiger partial charge in [-0.15, -0.1) is 0 Å². The second-order valence-electron chi connectivity index (χ2n) is 50.5. The maximum atomic E-state index is 12.3. The molecule has 0 N–H and O–H groups in total. The Morgan fingerprint density at radius 2 is 0.659 bits per heavy atom. The summed E-state index contributed by atoms with van der Waals surface area (Å²) < 4.78 is 78.9. The topological polar surface area (TPSA) is 205 Å². The lowest BCUT2D eigenvalue weighted by Gasteiger charge is -2.49. The minimum absolute atomic E-state index is 0. The van der Waals surface area contributed by atoms with Crippen molar-refractivity contribution >= 4 is 155 Å². The average molecular weight is 2240 g/mol. The van der Waals surface area contributed by atoms with Crippen LogP contribution in [0.25, 0.3) is 0 Å². The summed E-state index contributed by atoms with van der Waals surface area (Å²) >= 11 is 0. The van der Waals surface area contributed by atoms with Gasteiger partial charge < -0.3 is 56.6 Å². The maximum Gasteiger partial charge on any atom is 0.320 e. The summed E-state index contributed by atoms with van der Waals surface area (Å²) in [4.78, 5) is 60.4. The lowest BCUT2D eigenvalue weighted by Crippen LogP contribution is -2.66. The highest BCUT2D eigenvalue weighted by Crippen LogP contribution is 2.43. The minimum atomic E-state index is -2.26. The smallest absolute Gasteiger partial charge is 0.320 e. The first-order valence-electron chi connectivity index (χ1n) is 48.5. The molecule has 0 spiro atoms. The van der Waals surface area contributed by atoms with E-state index in [4.69, 9.17) is 56.6 Å². The Bertz CT molecular complexity index is 3050. The van der Waals surface area contributed by atoms with Gasteiger partial charge in [-0.05, 0) is 336 Å². The van der Waals surface area contributed by atoms with Gasteiger partial charge in [0.25, 0.3) is 0 Å². The van der Waals surface area contributed by atoms with E-state index in [0.29, 0.717) is 24.7 Å². The second-order valence-corrected chi connectivity index (χ2v) is 117. The number of rotatable bonds is 33. The monoisotopic (exact) mass is 2230 g/mol. The summed E-state index contributed by atoms with van der Waals surface area (Å²) in [5, 5.41) is 0. The molecule has 33 heteroatoms. The largest absolute Gasteiger partial charge is 0.465 e. The molecule has 3 aliphatic heterocycles. The fourth-order valence-corrected chi connectivity index (χ4v) is 80.1. The van der Waals surface area contributed by atoms with Gasteiger partial charge in [0, 0.05) is 36.3 Å². The molecule has 3 saturated heterocycles. The predicted octanol–water partition coefficient (Wildman–Crippen LogP) is 38.5. The van der Waals surface area contributed by atoms with Gasteiger partial charge in [0.15, 0.2) is 66.5 Å². The fraction of sp³-hybridized carbons (Fsp3) is 0.952. The van der Waals surface area contributed by atoms with Crippen molar-refractivity contribution in [3.63, 3.8) is 0 Å². The number of ether oxygens (including phenoxy) is 5. The van der Waals surface area contributed by atoms with Crippen LogP contribution in [-0.4, -0.2) is 186 Å². The van der Waals surface area contributed by atoms with Gasteiger partial charge in [0.2, 0.25) is 0 Å². The molecule has 0 radical (unpaired) electrons. The van der Waals surface area contributed by atoms with Crippen molar-refractivity contribution < 1.29 is 80.6 Å². The number of hydrogen-bond acceptors (Lipinski definition) is 18. The van der Waals surface area contributed by atoms with Gasteiger partial charge >= 0.3 is 64.1 Å². The summed E-state index contributed by atoms with van der Waals surface area (Å²) in [5.74, 6) is 1.23. The van der Waals surface area contributed by atoms with Crippen LogP contribution in [0.15, 0.2) is 0 Å². The van der Waals surface area contributed by atoms with Crippen molar-refractivity contribution in [2.24, 2.45) is 39.4 Å². The van der Waals surface area contributed by atoms with E-state index in [0.717, 1.165) is 112 Å². The SMILES string of the molecule is C.C.C.C.C.C.C.C.C.C.C.C.C.C.CCC(C)(C)C(=O)OC(C[Si](C)(C)C)C[Si](C)(C)C.CCC(C)(C)C(=O)OC1CCC([Si](C)(C)C)CC1.CCC(C)(C)C(=O)OC1C[Si](C)(C)O[Si](C)(C)C1.CCC(C)(C)C(=O)OCCC[Si](C)(C)O[Si](C)(C)C.CCC(C)COC(=O)C1C[Si](C)(C)O[Si](C)(C)C1.CCC(C)C[Si](C)(C)O[Si](C)(C)C.CCC(C)[Si]1(C)O[Si](C)(C)O[Si](C)(C)O[Si](C)(C)O1. The highest BCUT2D eigenvalue weighted by atomic mass is 28.5. The quantitative estimate of drug-likeness (QED) is 0.0259. The standard InChI is InChI=1S/C15H34O2Si2.C15H30O2Si.C14H32O3Si2.2C13H28O3Si2.C11H30O4Si4.C10H26OSi2.14CH4/c1-10-15(2,3)14(16)17-13(11-18(4,5)6)12-19(7,8)9;1-7-15(2,3)14(16)17-12-8-10-13(11-9-12)18(4,5)6;1-9-14(2,3)13(15)16-11-10-12-19(7,8)17-18(4,5)6;1-8-13(2,3)12(14)15-11-9-17(4,5)16-18(6,7)10-11;1-7-11(2)8-15-13(14)12-9-17(3,4)16-18(5,6)10-12;1-10-11(2)19(9)14-17(5,6)12-16(3,4)13-18(7,8)15-19;1-8-10(2)9-13(6,7)11-12(3,4)5;;;;;;;;;;;;;;/h13H,10-12H2,1-9H3;12-13H,7-11H2,1-6H3;9-12H2,1-8H3;11H,8-10H2,1-7H3;11-12H,7-10H2,1-6H3;11H,10H2,1-9H3;10H,8-9H2,1-7H3;14*1H4. The molecule has 4 rings (SSSR count). The lowest BCUT2D eigenvalue weighted by molar-refractivity contribution is -0.161. The first-order valence-corrected chi connectivity index (χ1v) is 95.8. The molecule has 0 aromatic carbocycles. The molecule has 138 heavy (non-hydrogen) atoms. The van der Waals surface area contributed by atoms with Gasteiger partial charge in [0.1, 0.15) is 12.2 Å². The van der Waals surface area contributed by atoms with Crippen LogP contribution in [0, 0.1) is 39.4 Å². The van der Waals surface area contributed by atoms with Crippen LogP contribution in [0.5, 0.6) is 0 Å². The zero-order valence-electron chi connectivity index (χ0n) is 91.5. The second kappa shape index (κ2) is 71.9. The zero-order chi connectivity index (χ0) is 98.8. The zero-order valence-corrected chi connectivity index (χ0v) is 107. The molecule has 4 aliphatic rings. The van der Waals surface area contributed by atoms with E-state index in [1.54, 1.807) is 0 Å². The van der Waals surface area contributed by atoms with E-state index in [1.807, 2.05) is 83.1 Å². The van der Waals surface area contributed by atoms with Gasteiger partial charge in [-0.3, -0.25) is 24.0 Å². The molecule has 0 aromatic heterocycles. The van der Waals surface area contributed by atoms with Crippen LogP contribution < -0.4 is 0 Å². The number of esters is 5. The predicted molar refractivity (Wildman–Crippen MR) is 664 cm³/mol. The molecule has 0 amide bonds. The van der Waals surface area contributed by atoms with E-state index in [9.17, 15) is 24.0 Å². The molecule has 4 fully saturated rings. The Labute approximate surface area is 887 Å². The van der Waals surface area contributed by atoms with Crippen molar-refractivity contribution in [3.8, 4) is 0 Å². The summed E-state index contributed by atoms with van der Waals surface area (Å²) in [6.45, 7) is 115. The van der Waals surface area contributed by atoms with Gasteiger partial charge in [-0.1, -0.05) is 251 Å². The molecule has 0 bridgehead atoms. The van der Waals surface area contributed by atoms with Gasteiger partial charge in [-0.2, -0.15) is 0 Å². The maximum absolute atomic E-state index is 12.3. The molecule has 3 heterocycles. The van der Waals surface area contributed by atoms with Crippen molar-refractivity contribution in [2.45, 2.75) is 606 Å². The normalized spacial score (nSPS) is 19.1. The number of hydrogen-bond donors (Lipinski definition) is 0. The fourth-order valence-electron chi connectivity index (χ4n) is 16.3. The summed E-state index contributed by atoms with van der Waals surface area (Å²) in [5.41, 5.74) is -0.0442. The third kappa shape index (κ3) is 80.3. The Morgan fingerprint density at radius 1 is 0.355 bits per heavy atom. The highest BCUT2D eigenvalue weighted by Gasteiger charge is 2.55. The molecule has 1 aliphatic carbocycles. The third-order valence-corrected chi connectivity index (χ3v) is 74.8. The summed E-state index contributed by atoms with van der Waals surface area (Å²) in [7, 11) is -24.5. The Hall–Kier alpha value is 0.283. The minimum Gasteiger partial charge on any atom is -0.465 e. The van der Waals surface area contributed by atoms with Crippen molar-refractivity contribution in [1.29, 1.82) is 0 Å². The first kappa shape index (κ1) is 177. The van der Waals surface area contributed by atoms with E-state index in [1.165, 1.54) is 25.3 Å². The average Bonchev–Trinajstić information content (AvgIpc) is 0.771. The van der Waals surface area contributed by atoms with Crippen LogP contribution in [-0.2, 0) is 80.6 Å². The Balaban J connectivity index is -0.0000000813. The van der Waals surface area contributed by atoms with Gasteiger partial charge in [0.05, 0.1) is 46.9 Å². The molecular weight excluding hydrogens is 1970 g/mol. The van der Waals surface area contributed by atoms with Crippen LogP contribution in [0.4, 0.5) is 0 Å². The molecule has 1 saturated carbocycles.